The van der Waals surface area contributed by atoms with Crippen LogP contribution in [0.3, 0.4) is 0 Å². The minimum atomic E-state index is -0.207. The van der Waals surface area contributed by atoms with Gasteiger partial charge < -0.3 is 14.5 Å². The molecule has 2 amide bonds. The summed E-state index contributed by atoms with van der Waals surface area (Å²) >= 11 is 6.72. The molecule has 0 aliphatic rings. The fourth-order valence-corrected chi connectivity index (χ4v) is 2.81. The zero-order valence-corrected chi connectivity index (χ0v) is 15.4. The van der Waals surface area contributed by atoms with Crippen LogP contribution in [-0.4, -0.2) is 62.5 Å². The molecule has 0 aromatic heterocycles. The van der Waals surface area contributed by atoms with E-state index in [1.165, 1.54) is 9.80 Å². The van der Waals surface area contributed by atoms with Gasteiger partial charge in [0, 0.05) is 36.7 Å². The molecular formula is C14H18Br2N2O3. The molecule has 0 fully saturated rings. The van der Waals surface area contributed by atoms with Crippen LogP contribution < -0.4 is 0 Å². The van der Waals surface area contributed by atoms with Crippen molar-refractivity contribution in [2.75, 3.05) is 40.9 Å². The molecule has 0 bridgehead atoms. The fraction of sp³-hybridized carbons (Fsp3) is 0.429. The number of methoxy groups -OCH3 is 1. The molecular weight excluding hydrogens is 404 g/mol. The smallest absolute Gasteiger partial charge is 0.255 e. The summed E-state index contributed by atoms with van der Waals surface area (Å²) in [6.07, 6.45) is 0. The molecule has 0 unspecified atom stereocenters. The first-order chi connectivity index (χ1) is 9.86. The number of amides is 2. The van der Waals surface area contributed by atoms with Crippen molar-refractivity contribution in [3.05, 3.63) is 32.7 Å². The van der Waals surface area contributed by atoms with Gasteiger partial charge in [-0.2, -0.15) is 0 Å². The molecule has 0 spiro atoms. The summed E-state index contributed by atoms with van der Waals surface area (Å²) in [6, 6.07) is 5.31. The SMILES string of the molecule is COCCN(CC(=O)N(C)C)C(=O)c1ccc(Br)cc1Br. The van der Waals surface area contributed by atoms with Gasteiger partial charge in [-0.3, -0.25) is 9.59 Å². The first-order valence-electron chi connectivity index (χ1n) is 6.30. The third-order valence-electron chi connectivity index (χ3n) is 2.84. The third-order valence-corrected chi connectivity index (χ3v) is 3.99. The monoisotopic (exact) mass is 420 g/mol. The quantitative estimate of drug-likeness (QED) is 0.708. The van der Waals surface area contributed by atoms with Gasteiger partial charge in [0.2, 0.25) is 5.91 Å². The Morgan fingerprint density at radius 1 is 1.24 bits per heavy atom. The highest BCUT2D eigenvalue weighted by Gasteiger charge is 2.21. The second-order valence-electron chi connectivity index (χ2n) is 4.63. The lowest BCUT2D eigenvalue weighted by Crippen LogP contribution is -2.42. The Labute approximate surface area is 141 Å². The maximum absolute atomic E-state index is 12.6. The number of carbonyl (C=O) groups excluding carboxylic acids is 2. The number of nitrogens with zero attached hydrogens (tertiary/aromatic N) is 2. The van der Waals surface area contributed by atoms with Crippen LogP contribution in [0.4, 0.5) is 0 Å². The number of likely N-dealkylation sites (N-methyl/N-ethyl adjacent to an activating group) is 1. The topological polar surface area (TPSA) is 49.9 Å². The van der Waals surface area contributed by atoms with Crippen molar-refractivity contribution in [2.24, 2.45) is 0 Å². The average molecular weight is 422 g/mol. The van der Waals surface area contributed by atoms with Crippen LogP contribution in [-0.2, 0) is 9.53 Å². The van der Waals surface area contributed by atoms with Gasteiger partial charge in [0.1, 0.15) is 6.54 Å². The standard InChI is InChI=1S/C14H18Br2N2O3/c1-17(2)13(19)9-18(6-7-21-3)14(20)11-5-4-10(15)8-12(11)16/h4-5,8H,6-7,9H2,1-3H3. The Morgan fingerprint density at radius 3 is 2.43 bits per heavy atom. The zero-order chi connectivity index (χ0) is 16.0. The maximum atomic E-state index is 12.6. The van der Waals surface area contributed by atoms with Crippen molar-refractivity contribution in [1.29, 1.82) is 0 Å². The average Bonchev–Trinajstić information content (AvgIpc) is 2.42. The minimum Gasteiger partial charge on any atom is -0.383 e. The summed E-state index contributed by atoms with van der Waals surface area (Å²) in [5, 5.41) is 0. The van der Waals surface area contributed by atoms with Gasteiger partial charge in [-0.05, 0) is 34.1 Å². The number of benzene rings is 1. The first kappa shape index (κ1) is 18.1. The van der Waals surface area contributed by atoms with E-state index in [0.717, 1.165) is 4.47 Å². The van der Waals surface area contributed by atoms with Gasteiger partial charge >= 0.3 is 0 Å². The lowest BCUT2D eigenvalue weighted by molar-refractivity contribution is -0.129. The molecule has 1 aromatic carbocycles. The molecule has 0 saturated heterocycles. The van der Waals surface area contributed by atoms with E-state index < -0.39 is 0 Å². The molecule has 21 heavy (non-hydrogen) atoms. The summed E-state index contributed by atoms with van der Waals surface area (Å²) < 4.78 is 6.57. The van der Waals surface area contributed by atoms with Crippen LogP contribution >= 0.6 is 31.9 Å². The van der Waals surface area contributed by atoms with E-state index in [9.17, 15) is 9.59 Å². The molecule has 0 N–H and O–H groups in total. The zero-order valence-electron chi connectivity index (χ0n) is 12.2. The van der Waals surface area contributed by atoms with Crippen molar-refractivity contribution in [2.45, 2.75) is 0 Å². The van der Waals surface area contributed by atoms with E-state index >= 15 is 0 Å². The largest absolute Gasteiger partial charge is 0.383 e. The molecule has 0 saturated carbocycles. The summed E-state index contributed by atoms with van der Waals surface area (Å²) in [4.78, 5) is 27.4. The van der Waals surface area contributed by atoms with Gasteiger partial charge in [0.15, 0.2) is 0 Å². The van der Waals surface area contributed by atoms with Gasteiger partial charge in [0.25, 0.3) is 5.91 Å². The number of hydrogen-bond donors (Lipinski definition) is 0. The highest BCUT2D eigenvalue weighted by Crippen LogP contribution is 2.23. The minimum absolute atomic E-state index is 0.0255. The van der Waals surface area contributed by atoms with E-state index in [2.05, 4.69) is 31.9 Å². The van der Waals surface area contributed by atoms with E-state index in [-0.39, 0.29) is 18.4 Å². The lowest BCUT2D eigenvalue weighted by atomic mass is 10.2. The van der Waals surface area contributed by atoms with Gasteiger partial charge in [-0.1, -0.05) is 15.9 Å². The fourth-order valence-electron chi connectivity index (χ4n) is 1.59. The first-order valence-corrected chi connectivity index (χ1v) is 7.88. The summed E-state index contributed by atoms with van der Waals surface area (Å²) in [5.41, 5.74) is 0.515. The van der Waals surface area contributed by atoms with E-state index in [4.69, 9.17) is 4.74 Å². The lowest BCUT2D eigenvalue weighted by Gasteiger charge is -2.24. The second kappa shape index (κ2) is 8.51. The molecule has 0 heterocycles. The molecule has 5 nitrogen and oxygen atoms in total. The predicted octanol–water partition coefficient (Wildman–Crippen LogP) is 2.39. The van der Waals surface area contributed by atoms with Crippen LogP contribution in [0.5, 0.6) is 0 Å². The molecule has 1 aromatic rings. The van der Waals surface area contributed by atoms with E-state index in [1.54, 1.807) is 39.4 Å². The highest BCUT2D eigenvalue weighted by molar-refractivity contribution is 9.11. The normalized spacial score (nSPS) is 10.3. The maximum Gasteiger partial charge on any atom is 0.255 e. The van der Waals surface area contributed by atoms with Crippen LogP contribution in [0.2, 0.25) is 0 Å². The van der Waals surface area contributed by atoms with Crippen LogP contribution in [0.1, 0.15) is 10.4 Å². The summed E-state index contributed by atoms with van der Waals surface area (Å²) in [5.74, 6) is -0.339. The predicted molar refractivity (Wildman–Crippen MR) is 88.3 cm³/mol. The van der Waals surface area contributed by atoms with Crippen molar-refractivity contribution in [1.82, 2.24) is 9.80 Å². The number of carbonyl (C=O) groups is 2. The highest BCUT2D eigenvalue weighted by atomic mass is 79.9. The Bertz CT molecular complexity index is 521. The molecule has 0 aliphatic heterocycles. The molecule has 0 atom stereocenters. The Hall–Kier alpha value is -0.920. The second-order valence-corrected chi connectivity index (χ2v) is 6.40. The molecule has 116 valence electrons. The summed E-state index contributed by atoms with van der Waals surface area (Å²) in [7, 11) is 4.89. The van der Waals surface area contributed by atoms with Crippen LogP contribution in [0.15, 0.2) is 27.1 Å². The van der Waals surface area contributed by atoms with E-state index in [0.29, 0.717) is 23.2 Å². The van der Waals surface area contributed by atoms with Gasteiger partial charge in [-0.15, -0.1) is 0 Å². The van der Waals surface area contributed by atoms with Crippen LogP contribution in [0.25, 0.3) is 0 Å². The number of hydrogen-bond acceptors (Lipinski definition) is 3. The van der Waals surface area contributed by atoms with E-state index in [1.807, 2.05) is 0 Å². The Morgan fingerprint density at radius 2 is 1.90 bits per heavy atom. The van der Waals surface area contributed by atoms with Crippen molar-refractivity contribution in [3.8, 4) is 0 Å². The van der Waals surface area contributed by atoms with Gasteiger partial charge in [0.05, 0.1) is 12.2 Å². The van der Waals surface area contributed by atoms with Crippen LogP contribution in [0, 0.1) is 0 Å². The number of rotatable bonds is 6. The molecule has 0 radical (unpaired) electrons. The number of halogens is 2. The van der Waals surface area contributed by atoms with Gasteiger partial charge in [-0.25, -0.2) is 0 Å². The van der Waals surface area contributed by atoms with Crippen molar-refractivity contribution >= 4 is 43.7 Å². The molecule has 7 heteroatoms. The number of ether oxygens (including phenoxy) is 1. The summed E-state index contributed by atoms with van der Waals surface area (Å²) in [6.45, 7) is 0.760. The molecule has 0 aliphatic carbocycles. The Kier molecular flexibility index (Phi) is 7.34. The Balaban J connectivity index is 2.95. The molecule has 1 rings (SSSR count). The third kappa shape index (κ3) is 5.41. The van der Waals surface area contributed by atoms with Crippen molar-refractivity contribution < 1.29 is 14.3 Å². The van der Waals surface area contributed by atoms with Crippen molar-refractivity contribution in [3.63, 3.8) is 0 Å².